The van der Waals surface area contributed by atoms with Crippen molar-refractivity contribution >= 4 is 48.9 Å². The van der Waals surface area contributed by atoms with Crippen molar-refractivity contribution in [2.75, 3.05) is 5.32 Å². The molecule has 19 heavy (non-hydrogen) atoms. The second kappa shape index (κ2) is 5.27. The summed E-state index contributed by atoms with van der Waals surface area (Å²) in [6, 6.07) is 10.3. The molecule has 0 aliphatic rings. The second-order valence-electron chi connectivity index (χ2n) is 4.14. The lowest BCUT2D eigenvalue weighted by molar-refractivity contribution is 0.931. The Bertz CT molecular complexity index is 724. The van der Waals surface area contributed by atoms with E-state index in [1.165, 1.54) is 10.1 Å². The van der Waals surface area contributed by atoms with E-state index in [0.29, 0.717) is 0 Å². The molecule has 5 heteroatoms. The Morgan fingerprint density at radius 3 is 2.95 bits per heavy atom. The number of hydrogen-bond acceptors (Lipinski definition) is 4. The maximum atomic E-state index is 4.47. The van der Waals surface area contributed by atoms with Gasteiger partial charge < -0.3 is 5.32 Å². The minimum Gasteiger partial charge on any atom is -0.340 e. The van der Waals surface area contributed by atoms with E-state index in [1.54, 1.807) is 11.3 Å². The lowest BCUT2D eigenvalue weighted by Gasteiger charge is -2.07. The summed E-state index contributed by atoms with van der Waals surface area (Å²) < 4.78 is 2.10. The summed E-state index contributed by atoms with van der Waals surface area (Å²) in [5.74, 6) is 1.64. The molecule has 0 amide bonds. The molecule has 1 aromatic carbocycles. The van der Waals surface area contributed by atoms with Crippen LogP contribution in [0.25, 0.3) is 10.1 Å². The number of anilines is 2. The number of benzene rings is 1. The van der Waals surface area contributed by atoms with Crippen LogP contribution < -0.4 is 5.32 Å². The largest absolute Gasteiger partial charge is 0.340 e. The third kappa shape index (κ3) is 2.77. The van der Waals surface area contributed by atoms with Crippen LogP contribution in [0.1, 0.15) is 12.7 Å². The van der Waals surface area contributed by atoms with Crippen LogP contribution in [0.4, 0.5) is 11.5 Å². The van der Waals surface area contributed by atoms with E-state index in [1.807, 2.05) is 13.0 Å². The van der Waals surface area contributed by atoms with Gasteiger partial charge >= 0.3 is 0 Å². The molecule has 0 radical (unpaired) electrons. The lowest BCUT2D eigenvalue weighted by Crippen LogP contribution is -1.99. The summed E-state index contributed by atoms with van der Waals surface area (Å²) in [7, 11) is 0. The van der Waals surface area contributed by atoms with Crippen molar-refractivity contribution in [2.45, 2.75) is 13.3 Å². The maximum absolute atomic E-state index is 4.47. The average Bonchev–Trinajstić information content (AvgIpc) is 2.85. The molecule has 0 aliphatic heterocycles. The molecule has 3 rings (SSSR count). The van der Waals surface area contributed by atoms with Crippen LogP contribution in [0.3, 0.4) is 0 Å². The predicted molar refractivity (Wildman–Crippen MR) is 84.2 cm³/mol. The van der Waals surface area contributed by atoms with Gasteiger partial charge in [-0.2, -0.15) is 0 Å². The smallest absolute Gasteiger partial charge is 0.135 e. The number of hydrogen-bond donors (Lipinski definition) is 1. The number of aromatic nitrogens is 2. The zero-order valence-electron chi connectivity index (χ0n) is 10.4. The monoisotopic (exact) mass is 333 g/mol. The van der Waals surface area contributed by atoms with E-state index in [0.717, 1.165) is 28.4 Å². The molecule has 0 unspecified atom stereocenters. The van der Waals surface area contributed by atoms with Gasteiger partial charge in [-0.3, -0.25) is 0 Å². The summed E-state index contributed by atoms with van der Waals surface area (Å²) in [6.07, 6.45) is 0.817. The van der Waals surface area contributed by atoms with Gasteiger partial charge in [0.1, 0.15) is 16.2 Å². The van der Waals surface area contributed by atoms with Crippen LogP contribution in [0.15, 0.2) is 40.3 Å². The van der Waals surface area contributed by atoms with Crippen molar-refractivity contribution in [3.8, 4) is 0 Å². The molecule has 0 spiro atoms. The van der Waals surface area contributed by atoms with Gasteiger partial charge in [0.25, 0.3) is 0 Å². The molecule has 0 aliphatic carbocycles. The zero-order valence-corrected chi connectivity index (χ0v) is 12.8. The molecule has 0 saturated heterocycles. The molecule has 3 aromatic rings. The zero-order chi connectivity index (χ0) is 13.2. The lowest BCUT2D eigenvalue weighted by atomic mass is 10.2. The van der Waals surface area contributed by atoms with Crippen LogP contribution in [0.2, 0.25) is 0 Å². The Morgan fingerprint density at radius 1 is 1.21 bits per heavy atom. The summed E-state index contributed by atoms with van der Waals surface area (Å²) in [5.41, 5.74) is 1.04. The fourth-order valence-electron chi connectivity index (χ4n) is 1.88. The van der Waals surface area contributed by atoms with Gasteiger partial charge in [0.05, 0.1) is 0 Å². The molecular formula is C14H12BrN3S. The normalized spacial score (nSPS) is 10.8. The molecule has 0 fully saturated rings. The molecule has 2 heterocycles. The van der Waals surface area contributed by atoms with Crippen LogP contribution in [-0.4, -0.2) is 9.97 Å². The number of nitrogens with one attached hydrogen (secondary N) is 1. The van der Waals surface area contributed by atoms with Crippen molar-refractivity contribution in [3.05, 3.63) is 46.1 Å². The van der Waals surface area contributed by atoms with Crippen molar-refractivity contribution in [3.63, 3.8) is 0 Å². The topological polar surface area (TPSA) is 37.8 Å². The van der Waals surface area contributed by atoms with Crippen LogP contribution in [-0.2, 0) is 6.42 Å². The minimum atomic E-state index is 0.804. The van der Waals surface area contributed by atoms with Gasteiger partial charge in [-0.15, -0.1) is 11.3 Å². The predicted octanol–water partition coefficient (Wildman–Crippen LogP) is 4.76. The SMILES string of the molecule is CCc1nc(Br)cc(Nc2ccc3sccc3c2)n1. The Kier molecular flexibility index (Phi) is 3.48. The molecule has 96 valence electrons. The molecular weight excluding hydrogens is 322 g/mol. The van der Waals surface area contributed by atoms with Crippen LogP contribution in [0, 0.1) is 0 Å². The van der Waals surface area contributed by atoms with Crippen LogP contribution >= 0.6 is 27.3 Å². The Hall–Kier alpha value is -1.46. The van der Waals surface area contributed by atoms with E-state index in [9.17, 15) is 0 Å². The minimum absolute atomic E-state index is 0.804. The average molecular weight is 334 g/mol. The number of halogens is 1. The summed E-state index contributed by atoms with van der Waals surface area (Å²) in [5, 5.41) is 6.68. The second-order valence-corrected chi connectivity index (χ2v) is 5.90. The van der Waals surface area contributed by atoms with Crippen molar-refractivity contribution < 1.29 is 0 Å². The Labute approximate surface area is 123 Å². The van der Waals surface area contributed by atoms with Gasteiger partial charge in [0.2, 0.25) is 0 Å². The summed E-state index contributed by atoms with van der Waals surface area (Å²) in [6.45, 7) is 2.04. The molecule has 1 N–H and O–H groups in total. The summed E-state index contributed by atoms with van der Waals surface area (Å²) >= 11 is 5.16. The van der Waals surface area contributed by atoms with E-state index >= 15 is 0 Å². The molecule has 0 saturated carbocycles. The van der Waals surface area contributed by atoms with Gasteiger partial charge in [0.15, 0.2) is 0 Å². The van der Waals surface area contributed by atoms with Gasteiger partial charge in [-0.05, 0) is 51.0 Å². The van der Waals surface area contributed by atoms with Crippen molar-refractivity contribution in [2.24, 2.45) is 0 Å². The first-order chi connectivity index (χ1) is 9.24. The van der Waals surface area contributed by atoms with E-state index in [4.69, 9.17) is 0 Å². The highest BCUT2D eigenvalue weighted by Crippen LogP contribution is 2.26. The van der Waals surface area contributed by atoms with Crippen LogP contribution in [0.5, 0.6) is 0 Å². The molecule has 3 nitrogen and oxygen atoms in total. The first-order valence-electron chi connectivity index (χ1n) is 6.02. The first-order valence-corrected chi connectivity index (χ1v) is 7.69. The highest BCUT2D eigenvalue weighted by atomic mass is 79.9. The first kappa shape index (κ1) is 12.6. The molecule has 2 aromatic heterocycles. The molecule has 0 atom stereocenters. The number of thiophene rings is 1. The fourth-order valence-corrected chi connectivity index (χ4v) is 3.07. The number of rotatable bonds is 3. The third-order valence-electron chi connectivity index (χ3n) is 2.78. The van der Waals surface area contributed by atoms with Crippen molar-refractivity contribution in [1.82, 2.24) is 9.97 Å². The van der Waals surface area contributed by atoms with E-state index in [2.05, 4.69) is 60.9 Å². The molecule has 0 bridgehead atoms. The Balaban J connectivity index is 1.93. The highest BCUT2D eigenvalue weighted by Gasteiger charge is 2.03. The van der Waals surface area contributed by atoms with E-state index < -0.39 is 0 Å². The van der Waals surface area contributed by atoms with Crippen molar-refractivity contribution in [1.29, 1.82) is 0 Å². The van der Waals surface area contributed by atoms with Gasteiger partial charge in [0, 0.05) is 22.9 Å². The maximum Gasteiger partial charge on any atom is 0.135 e. The quantitative estimate of drug-likeness (QED) is 0.702. The highest BCUT2D eigenvalue weighted by molar-refractivity contribution is 9.10. The fraction of sp³-hybridized carbons (Fsp3) is 0.143. The number of fused-ring (bicyclic) bond motifs is 1. The summed E-state index contributed by atoms with van der Waals surface area (Å²) in [4.78, 5) is 8.77. The van der Waals surface area contributed by atoms with Gasteiger partial charge in [-0.25, -0.2) is 9.97 Å². The van der Waals surface area contributed by atoms with E-state index in [-0.39, 0.29) is 0 Å². The van der Waals surface area contributed by atoms with Gasteiger partial charge in [-0.1, -0.05) is 6.92 Å². The Morgan fingerprint density at radius 2 is 2.11 bits per heavy atom. The number of aryl methyl sites for hydroxylation is 1. The number of nitrogens with zero attached hydrogens (tertiary/aromatic N) is 2. The standard InChI is InChI=1S/C14H12BrN3S/c1-2-13-17-12(15)8-14(18-13)16-10-3-4-11-9(7-10)5-6-19-11/h3-8H,2H2,1H3,(H,16,17,18). The third-order valence-corrected chi connectivity index (χ3v) is 4.09.